The third kappa shape index (κ3) is 5.33. The van der Waals surface area contributed by atoms with Crippen LogP contribution < -0.4 is 5.32 Å². The Morgan fingerprint density at radius 2 is 1.79 bits per heavy atom. The molecule has 1 heterocycles. The molecule has 6 heteroatoms. The number of aryl methyl sites for hydroxylation is 1. The number of carbonyl (C=O) groups is 2. The van der Waals surface area contributed by atoms with Gasteiger partial charge >= 0.3 is 0 Å². The summed E-state index contributed by atoms with van der Waals surface area (Å²) in [5.41, 5.74) is 3.65. The number of halogens is 1. The Labute approximate surface area is 171 Å². The van der Waals surface area contributed by atoms with Crippen LogP contribution in [0.25, 0.3) is 0 Å². The molecule has 0 unspecified atom stereocenters. The quantitative estimate of drug-likeness (QED) is 0.846. The van der Waals surface area contributed by atoms with Crippen LogP contribution in [0.2, 0.25) is 5.02 Å². The maximum atomic E-state index is 12.9. The van der Waals surface area contributed by atoms with Crippen molar-refractivity contribution < 1.29 is 9.59 Å². The Hall–Kier alpha value is -2.37. The lowest BCUT2D eigenvalue weighted by Gasteiger charge is -2.23. The van der Waals surface area contributed by atoms with Crippen LogP contribution in [0.5, 0.6) is 0 Å². The van der Waals surface area contributed by atoms with Crippen LogP contribution in [0.1, 0.15) is 34.8 Å². The Kier molecular flexibility index (Phi) is 6.70. The third-order valence-corrected chi connectivity index (χ3v) is 5.21. The minimum absolute atomic E-state index is 0.0686. The highest BCUT2D eigenvalue weighted by Gasteiger charge is 2.21. The second kappa shape index (κ2) is 9.22. The van der Waals surface area contributed by atoms with E-state index < -0.39 is 0 Å². The van der Waals surface area contributed by atoms with Crippen LogP contribution in [-0.4, -0.2) is 47.8 Å². The summed E-state index contributed by atoms with van der Waals surface area (Å²) in [6.45, 7) is 7.53. The van der Waals surface area contributed by atoms with Gasteiger partial charge < -0.3 is 10.2 Å². The predicted octanol–water partition coefficient (Wildman–Crippen LogP) is 3.95. The molecule has 0 radical (unpaired) electrons. The van der Waals surface area contributed by atoms with Crippen LogP contribution in [0, 0.1) is 6.92 Å². The van der Waals surface area contributed by atoms with Gasteiger partial charge in [0.25, 0.3) is 5.91 Å². The van der Waals surface area contributed by atoms with Crippen molar-refractivity contribution in [2.75, 3.05) is 31.5 Å². The van der Waals surface area contributed by atoms with E-state index in [0.29, 0.717) is 11.6 Å². The van der Waals surface area contributed by atoms with Crippen LogP contribution in [0.15, 0.2) is 42.5 Å². The molecule has 2 amide bonds. The third-order valence-electron chi connectivity index (χ3n) is 4.98. The number of benzene rings is 2. The van der Waals surface area contributed by atoms with Crippen molar-refractivity contribution >= 4 is 29.1 Å². The summed E-state index contributed by atoms with van der Waals surface area (Å²) in [6, 6.07) is 13.4. The van der Waals surface area contributed by atoms with Crippen molar-refractivity contribution in [1.29, 1.82) is 0 Å². The molecule has 1 aliphatic heterocycles. The summed E-state index contributed by atoms with van der Waals surface area (Å²) in [7, 11) is 0. The Morgan fingerprint density at radius 1 is 1.04 bits per heavy atom. The molecule has 148 valence electrons. The molecule has 1 fully saturated rings. The average Bonchev–Trinajstić information content (AvgIpc) is 2.88. The fourth-order valence-electron chi connectivity index (χ4n) is 3.52. The Morgan fingerprint density at radius 3 is 2.46 bits per heavy atom. The number of rotatable bonds is 4. The van der Waals surface area contributed by atoms with Gasteiger partial charge in [-0.1, -0.05) is 23.7 Å². The number of nitrogens with zero attached hydrogens (tertiary/aromatic N) is 2. The minimum atomic E-state index is -0.0686. The molecule has 0 bridgehead atoms. The molecule has 28 heavy (non-hydrogen) atoms. The molecule has 1 saturated heterocycles. The number of anilines is 1. The minimum Gasteiger partial charge on any atom is -0.337 e. The lowest BCUT2D eigenvalue weighted by Crippen LogP contribution is -2.35. The van der Waals surface area contributed by atoms with Crippen molar-refractivity contribution in [2.24, 2.45) is 0 Å². The number of carbonyl (C=O) groups excluding carboxylic acids is 2. The molecular formula is C22H26ClN3O2. The van der Waals surface area contributed by atoms with Gasteiger partial charge in [-0.15, -0.1) is 0 Å². The first kappa shape index (κ1) is 20.4. The van der Waals surface area contributed by atoms with Gasteiger partial charge in [0.15, 0.2) is 0 Å². The number of nitrogens with one attached hydrogen (secondary N) is 1. The Bertz CT molecular complexity index is 851. The average molecular weight is 400 g/mol. The molecule has 3 rings (SSSR count). The fourth-order valence-corrected chi connectivity index (χ4v) is 3.75. The van der Waals surface area contributed by atoms with Gasteiger partial charge in [-0.25, -0.2) is 0 Å². The lowest BCUT2D eigenvalue weighted by molar-refractivity contribution is -0.114. The molecule has 0 atom stereocenters. The fraction of sp³-hybridized carbons (Fsp3) is 0.364. The molecule has 0 spiro atoms. The first-order valence-corrected chi connectivity index (χ1v) is 9.94. The second-order valence-electron chi connectivity index (χ2n) is 7.26. The SMILES string of the molecule is CC(=O)Nc1ccc(CN2CCCN(C(=O)c3ccc(Cl)cc3C)CC2)cc1. The summed E-state index contributed by atoms with van der Waals surface area (Å²) in [5.74, 6) is 0.0108. The summed E-state index contributed by atoms with van der Waals surface area (Å²) in [4.78, 5) is 28.3. The monoisotopic (exact) mass is 399 g/mol. The summed E-state index contributed by atoms with van der Waals surface area (Å²) >= 11 is 6.01. The maximum Gasteiger partial charge on any atom is 0.254 e. The molecule has 1 N–H and O–H groups in total. The number of amides is 2. The first-order valence-electron chi connectivity index (χ1n) is 9.56. The molecular weight excluding hydrogens is 374 g/mol. The smallest absolute Gasteiger partial charge is 0.254 e. The van der Waals surface area contributed by atoms with Crippen molar-refractivity contribution in [2.45, 2.75) is 26.8 Å². The largest absolute Gasteiger partial charge is 0.337 e. The Balaban J connectivity index is 1.58. The highest BCUT2D eigenvalue weighted by molar-refractivity contribution is 6.30. The van der Waals surface area contributed by atoms with E-state index in [2.05, 4.69) is 10.2 Å². The number of hydrogen-bond donors (Lipinski definition) is 1. The van der Waals surface area contributed by atoms with E-state index in [1.165, 1.54) is 12.5 Å². The van der Waals surface area contributed by atoms with Gasteiger partial charge in [-0.05, 0) is 54.8 Å². The van der Waals surface area contributed by atoms with Crippen molar-refractivity contribution in [3.63, 3.8) is 0 Å². The topological polar surface area (TPSA) is 52.7 Å². The summed E-state index contributed by atoms with van der Waals surface area (Å²) in [5, 5.41) is 3.44. The second-order valence-corrected chi connectivity index (χ2v) is 7.70. The van der Waals surface area contributed by atoms with E-state index in [9.17, 15) is 9.59 Å². The predicted molar refractivity (Wildman–Crippen MR) is 113 cm³/mol. The van der Waals surface area contributed by atoms with Crippen LogP contribution in [0.4, 0.5) is 5.69 Å². The highest BCUT2D eigenvalue weighted by Crippen LogP contribution is 2.19. The normalized spacial score (nSPS) is 15.2. The van der Waals surface area contributed by atoms with E-state index in [1.54, 1.807) is 6.07 Å². The molecule has 2 aromatic rings. The van der Waals surface area contributed by atoms with E-state index in [-0.39, 0.29) is 11.8 Å². The lowest BCUT2D eigenvalue weighted by atomic mass is 10.1. The molecule has 5 nitrogen and oxygen atoms in total. The summed E-state index contributed by atoms with van der Waals surface area (Å²) in [6.07, 6.45) is 0.947. The van der Waals surface area contributed by atoms with Gasteiger partial charge in [0.1, 0.15) is 0 Å². The van der Waals surface area contributed by atoms with Crippen molar-refractivity contribution in [3.05, 3.63) is 64.2 Å². The van der Waals surface area contributed by atoms with Gasteiger partial charge in [0.2, 0.25) is 5.91 Å². The van der Waals surface area contributed by atoms with Crippen molar-refractivity contribution in [3.8, 4) is 0 Å². The van der Waals surface area contributed by atoms with E-state index in [1.807, 2.05) is 48.2 Å². The first-order chi connectivity index (χ1) is 13.4. The van der Waals surface area contributed by atoms with E-state index in [4.69, 9.17) is 11.6 Å². The van der Waals surface area contributed by atoms with Gasteiger partial charge in [-0.2, -0.15) is 0 Å². The van der Waals surface area contributed by atoms with E-state index in [0.717, 1.165) is 49.4 Å². The molecule has 1 aliphatic rings. The molecule has 0 saturated carbocycles. The molecule has 0 aromatic heterocycles. The standard InChI is InChI=1S/C22H26ClN3O2/c1-16-14-19(23)6-9-21(16)22(28)26-11-3-10-25(12-13-26)15-18-4-7-20(8-5-18)24-17(2)27/h4-9,14H,3,10-13,15H2,1-2H3,(H,24,27). The zero-order valence-corrected chi connectivity index (χ0v) is 17.1. The molecule has 0 aliphatic carbocycles. The van der Waals surface area contributed by atoms with Crippen molar-refractivity contribution in [1.82, 2.24) is 9.80 Å². The number of hydrogen-bond acceptors (Lipinski definition) is 3. The van der Waals surface area contributed by atoms with Crippen LogP contribution >= 0.6 is 11.6 Å². The zero-order valence-electron chi connectivity index (χ0n) is 16.4. The van der Waals surface area contributed by atoms with Gasteiger partial charge in [0.05, 0.1) is 0 Å². The van der Waals surface area contributed by atoms with E-state index >= 15 is 0 Å². The van der Waals surface area contributed by atoms with Gasteiger partial charge in [0, 0.05) is 55.9 Å². The highest BCUT2D eigenvalue weighted by atomic mass is 35.5. The maximum absolute atomic E-state index is 12.9. The van der Waals surface area contributed by atoms with Crippen LogP contribution in [0.3, 0.4) is 0 Å². The molecule has 2 aromatic carbocycles. The van der Waals surface area contributed by atoms with Gasteiger partial charge in [-0.3, -0.25) is 14.5 Å². The summed E-state index contributed by atoms with van der Waals surface area (Å²) < 4.78 is 0. The zero-order chi connectivity index (χ0) is 20.1. The van der Waals surface area contributed by atoms with Crippen LogP contribution in [-0.2, 0) is 11.3 Å².